The Morgan fingerprint density at radius 3 is 2.69 bits per heavy atom. The van der Waals surface area contributed by atoms with Crippen LogP contribution in [0, 0.1) is 6.92 Å². The second kappa shape index (κ2) is 7.40. The molecular weight excluding hydrogens is 394 g/mol. The van der Waals surface area contributed by atoms with Crippen LogP contribution in [0.4, 0.5) is 16.0 Å². The Kier molecular flexibility index (Phi) is 5.21. The highest BCUT2D eigenvalue weighted by Crippen LogP contribution is 2.36. The highest BCUT2D eigenvalue weighted by atomic mass is 35.5. The van der Waals surface area contributed by atoms with E-state index in [1.165, 1.54) is 29.6 Å². The van der Waals surface area contributed by atoms with Crippen molar-refractivity contribution in [3.05, 3.63) is 39.9 Å². The molecule has 0 fully saturated rings. The van der Waals surface area contributed by atoms with Crippen LogP contribution in [0.2, 0.25) is 5.02 Å². The normalized spacial score (nSPS) is 10.6. The maximum absolute atomic E-state index is 11.3. The predicted octanol–water partition coefficient (Wildman–Crippen LogP) is 4.03. The van der Waals surface area contributed by atoms with Gasteiger partial charge in [-0.1, -0.05) is 22.9 Å². The van der Waals surface area contributed by atoms with Crippen LogP contribution >= 0.6 is 34.3 Å². The fraction of sp³-hybridized carbons (Fsp3) is 0.125. The van der Waals surface area contributed by atoms with E-state index in [0.717, 1.165) is 16.3 Å². The van der Waals surface area contributed by atoms with E-state index >= 15 is 0 Å². The Morgan fingerprint density at radius 1 is 1.23 bits per heavy atom. The summed E-state index contributed by atoms with van der Waals surface area (Å²) in [4.78, 5) is 32.2. The van der Waals surface area contributed by atoms with E-state index in [4.69, 9.17) is 17.3 Å². The van der Waals surface area contributed by atoms with Gasteiger partial charge in [0.1, 0.15) is 0 Å². The zero-order chi connectivity index (χ0) is 18.8. The van der Waals surface area contributed by atoms with Crippen molar-refractivity contribution in [2.45, 2.75) is 13.8 Å². The van der Waals surface area contributed by atoms with Gasteiger partial charge in [-0.15, -0.1) is 11.3 Å². The van der Waals surface area contributed by atoms with Gasteiger partial charge in [0.15, 0.2) is 10.3 Å². The standard InChI is InChI=1S/C16H14ClN5O2S2/c1-7-13(26-16(19-7)20-8(2)23)12-6-25-15(22-12)21-11-5-9(14(18)24)3-4-10(11)17/h3-6H,1-2H3,(H2,18,24)(H,21,22)(H,19,20,23). The first-order chi connectivity index (χ1) is 12.3. The van der Waals surface area contributed by atoms with Gasteiger partial charge in [0.05, 0.1) is 27.0 Å². The maximum atomic E-state index is 11.3. The Morgan fingerprint density at radius 2 is 2.00 bits per heavy atom. The second-order valence-electron chi connectivity index (χ2n) is 5.34. The number of benzene rings is 1. The van der Waals surface area contributed by atoms with Gasteiger partial charge in [-0.3, -0.25) is 9.59 Å². The molecule has 4 N–H and O–H groups in total. The molecule has 1 aromatic carbocycles. The molecule has 0 saturated heterocycles. The topological polar surface area (TPSA) is 110 Å². The largest absolute Gasteiger partial charge is 0.366 e. The van der Waals surface area contributed by atoms with Crippen LogP contribution in [0.15, 0.2) is 23.6 Å². The van der Waals surface area contributed by atoms with Gasteiger partial charge in [0.2, 0.25) is 11.8 Å². The van der Waals surface area contributed by atoms with Crippen molar-refractivity contribution >= 4 is 62.0 Å². The highest BCUT2D eigenvalue weighted by Gasteiger charge is 2.15. The molecule has 7 nitrogen and oxygen atoms in total. The summed E-state index contributed by atoms with van der Waals surface area (Å²) >= 11 is 8.91. The van der Waals surface area contributed by atoms with Crippen LogP contribution < -0.4 is 16.4 Å². The van der Waals surface area contributed by atoms with E-state index in [0.29, 0.717) is 26.5 Å². The van der Waals surface area contributed by atoms with E-state index in [2.05, 4.69) is 20.6 Å². The molecule has 0 spiro atoms. The van der Waals surface area contributed by atoms with E-state index in [9.17, 15) is 9.59 Å². The molecule has 0 saturated carbocycles. The van der Waals surface area contributed by atoms with Gasteiger partial charge >= 0.3 is 0 Å². The molecule has 2 amide bonds. The summed E-state index contributed by atoms with van der Waals surface area (Å²) in [5, 5.41) is 9.25. The molecule has 2 heterocycles. The number of hydrogen-bond donors (Lipinski definition) is 3. The molecule has 0 bridgehead atoms. The molecule has 0 atom stereocenters. The van der Waals surface area contributed by atoms with E-state index in [1.807, 2.05) is 12.3 Å². The fourth-order valence-electron chi connectivity index (χ4n) is 2.16. The number of carbonyl (C=O) groups excluding carboxylic acids is 2. The second-order valence-corrected chi connectivity index (χ2v) is 7.60. The van der Waals surface area contributed by atoms with Crippen molar-refractivity contribution in [3.63, 3.8) is 0 Å². The molecule has 2 aromatic heterocycles. The van der Waals surface area contributed by atoms with E-state index < -0.39 is 5.91 Å². The number of primary amides is 1. The first-order valence-electron chi connectivity index (χ1n) is 7.41. The molecule has 26 heavy (non-hydrogen) atoms. The molecule has 10 heteroatoms. The lowest BCUT2D eigenvalue weighted by atomic mass is 10.2. The van der Waals surface area contributed by atoms with Crippen LogP contribution in [0.3, 0.4) is 0 Å². The Balaban J connectivity index is 1.85. The summed E-state index contributed by atoms with van der Waals surface area (Å²) in [6.45, 7) is 3.29. The Hall–Kier alpha value is -2.49. The molecule has 0 unspecified atom stereocenters. The number of halogens is 1. The minimum atomic E-state index is -0.532. The minimum Gasteiger partial charge on any atom is -0.366 e. The zero-order valence-electron chi connectivity index (χ0n) is 13.8. The van der Waals surface area contributed by atoms with Crippen molar-refractivity contribution < 1.29 is 9.59 Å². The summed E-state index contributed by atoms with van der Waals surface area (Å²) in [6.07, 6.45) is 0. The van der Waals surface area contributed by atoms with Crippen LogP contribution in [0.25, 0.3) is 10.6 Å². The number of hydrogen-bond acceptors (Lipinski definition) is 7. The quantitative estimate of drug-likeness (QED) is 0.591. The number of rotatable bonds is 5. The maximum Gasteiger partial charge on any atom is 0.248 e. The lowest BCUT2D eigenvalue weighted by molar-refractivity contribution is -0.114. The monoisotopic (exact) mass is 407 g/mol. The van der Waals surface area contributed by atoms with Crippen molar-refractivity contribution in [2.24, 2.45) is 5.73 Å². The van der Waals surface area contributed by atoms with E-state index in [-0.39, 0.29) is 5.91 Å². The fourth-order valence-corrected chi connectivity index (χ4v) is 4.09. The number of nitrogens with one attached hydrogen (secondary N) is 2. The number of thiazole rings is 2. The van der Waals surface area contributed by atoms with Crippen molar-refractivity contribution in [2.75, 3.05) is 10.6 Å². The third-order valence-electron chi connectivity index (χ3n) is 3.31. The molecular formula is C16H14ClN5O2S2. The molecule has 0 aliphatic carbocycles. The van der Waals surface area contributed by atoms with Gasteiger partial charge in [-0.2, -0.15) is 0 Å². The summed E-state index contributed by atoms with van der Waals surface area (Å²) in [6, 6.07) is 4.75. The Labute approximate surface area is 162 Å². The number of carbonyl (C=O) groups is 2. The number of aromatic nitrogens is 2. The molecule has 3 rings (SSSR count). The number of amides is 2. The lowest BCUT2D eigenvalue weighted by Crippen LogP contribution is -2.11. The average Bonchev–Trinajstić information content (AvgIpc) is 3.15. The zero-order valence-corrected chi connectivity index (χ0v) is 16.2. The van der Waals surface area contributed by atoms with Crippen LogP contribution in [0.1, 0.15) is 23.0 Å². The predicted molar refractivity (Wildman–Crippen MR) is 106 cm³/mol. The molecule has 0 radical (unpaired) electrons. The van der Waals surface area contributed by atoms with Crippen molar-refractivity contribution in [1.29, 1.82) is 0 Å². The minimum absolute atomic E-state index is 0.171. The molecule has 0 aliphatic rings. The van der Waals surface area contributed by atoms with Gasteiger partial charge in [-0.25, -0.2) is 9.97 Å². The van der Waals surface area contributed by atoms with E-state index in [1.54, 1.807) is 18.2 Å². The van der Waals surface area contributed by atoms with Crippen LogP contribution in [-0.2, 0) is 4.79 Å². The van der Waals surface area contributed by atoms with Gasteiger partial charge in [0, 0.05) is 17.9 Å². The first-order valence-corrected chi connectivity index (χ1v) is 9.48. The van der Waals surface area contributed by atoms with Crippen LogP contribution in [0.5, 0.6) is 0 Å². The summed E-state index contributed by atoms with van der Waals surface area (Å²) < 4.78 is 0. The third-order valence-corrected chi connectivity index (χ3v) is 5.49. The number of nitrogens with two attached hydrogens (primary N) is 1. The summed E-state index contributed by atoms with van der Waals surface area (Å²) in [5.74, 6) is -0.703. The SMILES string of the molecule is CC(=O)Nc1nc(C)c(-c2csc(Nc3cc(C(N)=O)ccc3Cl)n2)s1. The highest BCUT2D eigenvalue weighted by molar-refractivity contribution is 7.20. The molecule has 134 valence electrons. The Bertz CT molecular complexity index is 998. The van der Waals surface area contributed by atoms with Crippen molar-refractivity contribution in [1.82, 2.24) is 9.97 Å². The number of aryl methyl sites for hydroxylation is 1. The molecule has 3 aromatic rings. The van der Waals surface area contributed by atoms with Gasteiger partial charge in [0.25, 0.3) is 0 Å². The summed E-state index contributed by atoms with van der Waals surface area (Å²) in [7, 11) is 0. The number of nitrogens with zero attached hydrogens (tertiary/aromatic N) is 2. The van der Waals surface area contributed by atoms with Gasteiger partial charge in [-0.05, 0) is 25.1 Å². The number of anilines is 3. The third kappa shape index (κ3) is 4.01. The molecule has 0 aliphatic heterocycles. The van der Waals surface area contributed by atoms with Gasteiger partial charge < -0.3 is 16.4 Å². The van der Waals surface area contributed by atoms with Crippen molar-refractivity contribution in [3.8, 4) is 10.6 Å². The lowest BCUT2D eigenvalue weighted by Gasteiger charge is -2.06. The van der Waals surface area contributed by atoms with Crippen LogP contribution in [-0.4, -0.2) is 21.8 Å². The summed E-state index contributed by atoms with van der Waals surface area (Å²) in [5.41, 5.74) is 7.72. The average molecular weight is 408 g/mol. The first kappa shape index (κ1) is 18.3. The smallest absolute Gasteiger partial charge is 0.248 e.